The number of rotatable bonds is 31. The molecule has 13 nitrogen and oxygen atoms in total. The first-order valence-electron chi connectivity index (χ1n) is 19.9. The zero-order valence-electron chi connectivity index (χ0n) is 31.7. The summed E-state index contributed by atoms with van der Waals surface area (Å²) >= 11 is 0. The zero-order chi connectivity index (χ0) is 38.8. The molecule has 306 valence electrons. The molecule has 52 heavy (non-hydrogen) atoms. The summed E-state index contributed by atoms with van der Waals surface area (Å²) in [5.41, 5.74) is 0. The third-order valence-corrected chi connectivity index (χ3v) is 10.5. The summed E-state index contributed by atoms with van der Waals surface area (Å²) in [6.45, 7) is 3.63. The van der Waals surface area contributed by atoms with E-state index in [1.165, 1.54) is 63.9 Å². The summed E-state index contributed by atoms with van der Waals surface area (Å²) < 4.78 is 22.7. The zero-order valence-corrected chi connectivity index (χ0v) is 32.6. The topological polar surface area (TPSA) is 226 Å². The number of unbranched alkanes of at least 4 members (excludes halogenated alkanes) is 16. The maximum absolute atomic E-state index is 12.9. The van der Waals surface area contributed by atoms with Crippen LogP contribution in [-0.2, 0) is 18.4 Å². The summed E-state index contributed by atoms with van der Waals surface area (Å²) in [7, 11) is -5.13. The summed E-state index contributed by atoms with van der Waals surface area (Å²) in [5.74, 6) is -0.607. The van der Waals surface area contributed by atoms with E-state index in [4.69, 9.17) is 9.05 Å². The van der Waals surface area contributed by atoms with Crippen LogP contribution in [0.3, 0.4) is 0 Å². The average Bonchev–Trinajstić information content (AvgIpc) is 3.11. The molecular formula is C38H72NO12P. The van der Waals surface area contributed by atoms with Crippen LogP contribution in [0.15, 0.2) is 24.3 Å². The Labute approximate surface area is 312 Å². The van der Waals surface area contributed by atoms with E-state index in [-0.39, 0.29) is 6.42 Å². The van der Waals surface area contributed by atoms with Crippen molar-refractivity contribution in [1.29, 1.82) is 0 Å². The Hall–Kier alpha value is -1.22. The SMILES string of the molecule is CCCC/C=C\CCCCCC(O)CC(=O)NC(COP(=O)(O)OC1C(O)C(O)C(O)C(O)C1O)C(O)/C=C/CCCCCCCCCCCCC. The molecule has 0 aromatic heterocycles. The standard InChI is InChI=1S/C38H72NO12P/c1-3-5-7-9-11-13-14-15-16-18-20-22-24-26-31(41)30(39-32(42)27-29(40)25-23-21-19-17-12-10-8-6-4-2)28-50-52(48,49)51-38-36(46)34(44)33(43)35(45)37(38)47/h10,12,24,26,29-31,33-38,40-41,43-47H,3-9,11,13-23,25,27-28H2,1-2H3,(H,39,42)(H,48,49)/b12-10-,26-24+. The maximum atomic E-state index is 12.9. The van der Waals surface area contributed by atoms with E-state index in [2.05, 4.69) is 31.3 Å². The average molecular weight is 766 g/mol. The second-order valence-electron chi connectivity index (χ2n) is 14.3. The van der Waals surface area contributed by atoms with Crippen LogP contribution < -0.4 is 5.32 Å². The number of phosphoric ester groups is 1. The maximum Gasteiger partial charge on any atom is 0.472 e. The van der Waals surface area contributed by atoms with Crippen LogP contribution in [0.4, 0.5) is 0 Å². The number of amides is 1. The van der Waals surface area contributed by atoms with Crippen LogP contribution in [0.1, 0.15) is 149 Å². The number of hydrogen-bond acceptors (Lipinski definition) is 11. The number of phosphoric acid groups is 1. The molecule has 0 aliphatic heterocycles. The van der Waals surface area contributed by atoms with E-state index in [1.54, 1.807) is 6.08 Å². The molecule has 0 bridgehead atoms. The van der Waals surface area contributed by atoms with E-state index in [0.29, 0.717) is 12.8 Å². The van der Waals surface area contributed by atoms with Crippen molar-refractivity contribution in [2.45, 2.75) is 204 Å². The van der Waals surface area contributed by atoms with E-state index in [9.17, 15) is 50.0 Å². The molecular weight excluding hydrogens is 693 g/mol. The van der Waals surface area contributed by atoms with Gasteiger partial charge in [-0.15, -0.1) is 0 Å². The number of aliphatic hydroxyl groups is 7. The fourth-order valence-corrected chi connectivity index (χ4v) is 7.13. The fraction of sp³-hybridized carbons (Fsp3) is 0.868. The predicted octanol–water partition coefficient (Wildman–Crippen LogP) is 4.86. The van der Waals surface area contributed by atoms with Crippen molar-refractivity contribution in [3.8, 4) is 0 Å². The molecule has 14 heteroatoms. The van der Waals surface area contributed by atoms with Gasteiger partial charge in [0.1, 0.15) is 36.6 Å². The van der Waals surface area contributed by atoms with Crippen molar-refractivity contribution in [3.63, 3.8) is 0 Å². The summed E-state index contributed by atoms with van der Waals surface area (Å²) in [4.78, 5) is 23.2. The van der Waals surface area contributed by atoms with Gasteiger partial charge in [0.15, 0.2) is 0 Å². The van der Waals surface area contributed by atoms with Gasteiger partial charge in [0.25, 0.3) is 0 Å². The van der Waals surface area contributed by atoms with E-state index in [0.717, 1.165) is 57.8 Å². The summed E-state index contributed by atoms with van der Waals surface area (Å²) in [6.07, 6.45) is 14.4. The lowest BCUT2D eigenvalue weighted by atomic mass is 9.85. The molecule has 0 aromatic carbocycles. The highest BCUT2D eigenvalue weighted by molar-refractivity contribution is 7.47. The van der Waals surface area contributed by atoms with Crippen molar-refractivity contribution in [3.05, 3.63) is 24.3 Å². The van der Waals surface area contributed by atoms with Gasteiger partial charge in [-0.3, -0.25) is 13.8 Å². The van der Waals surface area contributed by atoms with Gasteiger partial charge in [-0.05, 0) is 38.5 Å². The lowest BCUT2D eigenvalue weighted by molar-refractivity contribution is -0.220. The highest BCUT2D eigenvalue weighted by Gasteiger charge is 2.51. The molecule has 9 N–H and O–H groups in total. The molecule has 0 heterocycles. The van der Waals surface area contributed by atoms with Gasteiger partial charge in [0.05, 0.1) is 31.3 Å². The minimum absolute atomic E-state index is 0.256. The first-order valence-corrected chi connectivity index (χ1v) is 21.4. The number of hydrogen-bond donors (Lipinski definition) is 9. The highest BCUT2D eigenvalue weighted by Crippen LogP contribution is 2.47. The van der Waals surface area contributed by atoms with Gasteiger partial charge in [0, 0.05) is 0 Å². The number of carbonyl (C=O) groups excluding carboxylic acids is 1. The number of aliphatic hydroxyl groups excluding tert-OH is 7. The Balaban J connectivity index is 2.67. The minimum atomic E-state index is -5.13. The molecule has 1 fully saturated rings. The molecule has 8 unspecified atom stereocenters. The van der Waals surface area contributed by atoms with Crippen molar-refractivity contribution < 1.29 is 59.0 Å². The lowest BCUT2D eigenvalue weighted by Gasteiger charge is -2.41. The number of allylic oxidation sites excluding steroid dienone is 3. The van der Waals surface area contributed by atoms with Crippen molar-refractivity contribution in [1.82, 2.24) is 5.32 Å². The summed E-state index contributed by atoms with van der Waals surface area (Å²) in [5, 5.41) is 74.0. The number of nitrogens with one attached hydrogen (secondary N) is 1. The lowest BCUT2D eigenvalue weighted by Crippen LogP contribution is -2.64. The molecule has 0 spiro atoms. The molecule has 0 aromatic rings. The van der Waals surface area contributed by atoms with E-state index in [1.807, 2.05) is 0 Å². The summed E-state index contributed by atoms with van der Waals surface area (Å²) in [6, 6.07) is -1.24. The van der Waals surface area contributed by atoms with Gasteiger partial charge in [-0.25, -0.2) is 4.57 Å². The van der Waals surface area contributed by atoms with Crippen LogP contribution in [0.5, 0.6) is 0 Å². The largest absolute Gasteiger partial charge is 0.472 e. The fourth-order valence-electron chi connectivity index (χ4n) is 6.16. The Morgan fingerprint density at radius 2 is 1.13 bits per heavy atom. The molecule has 8 atom stereocenters. The smallest absolute Gasteiger partial charge is 0.393 e. The Bertz CT molecular complexity index is 1000. The van der Waals surface area contributed by atoms with Gasteiger partial charge >= 0.3 is 7.82 Å². The number of carbonyl (C=O) groups is 1. The first kappa shape index (κ1) is 48.8. The monoisotopic (exact) mass is 765 g/mol. The first-order chi connectivity index (χ1) is 24.8. The van der Waals surface area contributed by atoms with Gasteiger partial charge in [0.2, 0.25) is 5.91 Å². The van der Waals surface area contributed by atoms with Crippen LogP contribution in [0.2, 0.25) is 0 Å². The molecule has 1 rings (SSSR count). The Morgan fingerprint density at radius 3 is 1.69 bits per heavy atom. The second-order valence-corrected chi connectivity index (χ2v) is 15.7. The third kappa shape index (κ3) is 21.6. The van der Waals surface area contributed by atoms with Crippen molar-refractivity contribution in [2.75, 3.05) is 6.61 Å². The Kier molecular flexibility index (Phi) is 27.3. The molecule has 1 aliphatic rings. The van der Waals surface area contributed by atoms with Crippen molar-refractivity contribution >= 4 is 13.7 Å². The van der Waals surface area contributed by atoms with Gasteiger partial charge in [-0.2, -0.15) is 0 Å². The van der Waals surface area contributed by atoms with Crippen LogP contribution >= 0.6 is 7.82 Å². The highest BCUT2D eigenvalue weighted by atomic mass is 31.2. The third-order valence-electron chi connectivity index (χ3n) is 9.53. The van der Waals surface area contributed by atoms with Crippen LogP contribution in [0, 0.1) is 0 Å². The Morgan fingerprint density at radius 1 is 0.673 bits per heavy atom. The molecule has 1 saturated carbocycles. The van der Waals surface area contributed by atoms with Gasteiger partial charge in [-0.1, -0.05) is 128 Å². The minimum Gasteiger partial charge on any atom is -0.393 e. The van der Waals surface area contributed by atoms with E-state index < -0.39 is 75.2 Å². The predicted molar refractivity (Wildman–Crippen MR) is 201 cm³/mol. The molecule has 1 aliphatic carbocycles. The second kappa shape index (κ2) is 29.1. The molecule has 1 amide bonds. The van der Waals surface area contributed by atoms with Gasteiger partial charge < -0.3 is 46.0 Å². The quantitative estimate of drug-likeness (QED) is 0.0262. The van der Waals surface area contributed by atoms with Crippen molar-refractivity contribution in [2.24, 2.45) is 0 Å². The van der Waals surface area contributed by atoms with E-state index >= 15 is 0 Å². The molecule has 0 saturated heterocycles. The normalized spacial score (nSPS) is 25.3. The molecule has 0 radical (unpaired) electrons. The van der Waals surface area contributed by atoms with Crippen LogP contribution in [0.25, 0.3) is 0 Å². The van der Waals surface area contributed by atoms with Crippen LogP contribution in [-0.4, -0.2) is 108 Å².